The summed E-state index contributed by atoms with van der Waals surface area (Å²) < 4.78 is 0. The van der Waals surface area contributed by atoms with Crippen molar-refractivity contribution < 1.29 is 0 Å². The Hall–Kier alpha value is -1.11. The second-order valence-corrected chi connectivity index (χ2v) is 2.89. The molecule has 0 saturated carbocycles. The minimum absolute atomic E-state index is 1.08. The molecule has 0 aliphatic heterocycles. The van der Waals surface area contributed by atoms with E-state index in [4.69, 9.17) is 0 Å². The Bertz CT molecular complexity index is 253. The van der Waals surface area contributed by atoms with E-state index >= 15 is 0 Å². The Morgan fingerprint density at radius 3 is 3.08 bits per heavy atom. The molecule has 0 aliphatic rings. The van der Waals surface area contributed by atoms with Gasteiger partial charge in [-0.3, -0.25) is 4.98 Å². The summed E-state index contributed by atoms with van der Waals surface area (Å²) in [6.07, 6.45) is 7.23. The Kier molecular flexibility index (Phi) is 3.52. The number of hydrogen-bond acceptors (Lipinski definition) is 1. The van der Waals surface area contributed by atoms with E-state index < -0.39 is 0 Å². The first-order valence-electron chi connectivity index (χ1n) is 4.44. The van der Waals surface area contributed by atoms with Crippen LogP contribution in [-0.4, -0.2) is 4.98 Å². The lowest BCUT2D eigenvalue weighted by Gasteiger charge is -1.99. The van der Waals surface area contributed by atoms with Crippen LogP contribution in [0.25, 0.3) is 6.08 Å². The highest BCUT2D eigenvalue weighted by Crippen LogP contribution is 2.06. The van der Waals surface area contributed by atoms with Gasteiger partial charge in [-0.1, -0.05) is 26.0 Å². The maximum absolute atomic E-state index is 4.28. The highest BCUT2D eigenvalue weighted by molar-refractivity contribution is 5.46. The van der Waals surface area contributed by atoms with Crippen LogP contribution in [-0.2, 0) is 6.42 Å². The van der Waals surface area contributed by atoms with Crippen molar-refractivity contribution in [2.75, 3.05) is 0 Å². The molecule has 1 aromatic rings. The molecule has 1 heteroatoms. The van der Waals surface area contributed by atoms with E-state index in [0.29, 0.717) is 0 Å². The van der Waals surface area contributed by atoms with Gasteiger partial charge in [0.15, 0.2) is 0 Å². The molecule has 1 rings (SSSR count). The fourth-order valence-corrected chi connectivity index (χ4v) is 1.12. The average molecular weight is 161 g/mol. The number of aromatic nitrogens is 1. The van der Waals surface area contributed by atoms with Crippen molar-refractivity contribution in [3.63, 3.8) is 0 Å². The maximum atomic E-state index is 4.28. The third-order valence-electron chi connectivity index (χ3n) is 1.86. The van der Waals surface area contributed by atoms with Crippen molar-refractivity contribution in [3.05, 3.63) is 36.2 Å². The summed E-state index contributed by atoms with van der Waals surface area (Å²) >= 11 is 0. The fourth-order valence-electron chi connectivity index (χ4n) is 1.12. The summed E-state index contributed by atoms with van der Waals surface area (Å²) in [5.74, 6) is 0. The summed E-state index contributed by atoms with van der Waals surface area (Å²) in [6.45, 7) is 5.92. The van der Waals surface area contributed by atoms with Gasteiger partial charge < -0.3 is 0 Å². The second-order valence-electron chi connectivity index (χ2n) is 2.89. The fraction of sp³-hybridized carbons (Fsp3) is 0.364. The van der Waals surface area contributed by atoms with Crippen LogP contribution in [0.3, 0.4) is 0 Å². The standard InChI is InChI=1S/C11H15N/c1-3-5-6-11-9-10(4-2)7-8-12-11/h4,7-9H,2-3,5-6H2,1H3. The van der Waals surface area contributed by atoms with Crippen LogP contribution < -0.4 is 0 Å². The molecule has 0 amide bonds. The van der Waals surface area contributed by atoms with Crippen molar-refractivity contribution in [1.82, 2.24) is 4.98 Å². The van der Waals surface area contributed by atoms with Crippen LogP contribution in [0.1, 0.15) is 31.0 Å². The van der Waals surface area contributed by atoms with Crippen molar-refractivity contribution >= 4 is 6.08 Å². The van der Waals surface area contributed by atoms with Crippen molar-refractivity contribution in [3.8, 4) is 0 Å². The first-order valence-corrected chi connectivity index (χ1v) is 4.44. The van der Waals surface area contributed by atoms with Gasteiger partial charge in [0.1, 0.15) is 0 Å². The SMILES string of the molecule is C=Cc1ccnc(CCCC)c1. The van der Waals surface area contributed by atoms with Crippen LogP contribution in [0, 0.1) is 0 Å². The van der Waals surface area contributed by atoms with E-state index in [9.17, 15) is 0 Å². The van der Waals surface area contributed by atoms with E-state index in [1.165, 1.54) is 18.5 Å². The molecule has 0 unspecified atom stereocenters. The highest BCUT2D eigenvalue weighted by Gasteiger charge is 1.93. The zero-order chi connectivity index (χ0) is 8.81. The van der Waals surface area contributed by atoms with Gasteiger partial charge in [0.25, 0.3) is 0 Å². The van der Waals surface area contributed by atoms with Crippen molar-refractivity contribution in [2.45, 2.75) is 26.2 Å². The molecule has 0 fully saturated rings. The Labute approximate surface area is 74.2 Å². The molecule has 0 atom stereocenters. The van der Waals surface area contributed by atoms with Gasteiger partial charge in [-0.25, -0.2) is 0 Å². The molecule has 1 nitrogen and oxygen atoms in total. The van der Waals surface area contributed by atoms with E-state index in [1.807, 2.05) is 18.3 Å². The van der Waals surface area contributed by atoms with Gasteiger partial charge in [0.2, 0.25) is 0 Å². The van der Waals surface area contributed by atoms with Crippen LogP contribution in [0.5, 0.6) is 0 Å². The lowest BCUT2D eigenvalue weighted by atomic mass is 10.1. The van der Waals surface area contributed by atoms with Gasteiger partial charge in [-0.2, -0.15) is 0 Å². The number of rotatable bonds is 4. The summed E-state index contributed by atoms with van der Waals surface area (Å²) in [5.41, 5.74) is 2.34. The van der Waals surface area contributed by atoms with Gasteiger partial charge in [-0.15, -0.1) is 0 Å². The summed E-state index contributed by atoms with van der Waals surface area (Å²) in [4.78, 5) is 4.28. The van der Waals surface area contributed by atoms with Gasteiger partial charge in [0, 0.05) is 11.9 Å². The predicted molar refractivity (Wildman–Crippen MR) is 52.9 cm³/mol. The molecule has 0 saturated heterocycles. The Morgan fingerprint density at radius 1 is 1.58 bits per heavy atom. The molecule has 0 aromatic carbocycles. The molecular formula is C11H15N. The summed E-state index contributed by atoms with van der Waals surface area (Å²) in [6, 6.07) is 4.07. The minimum atomic E-state index is 1.08. The predicted octanol–water partition coefficient (Wildman–Crippen LogP) is 3.07. The third kappa shape index (κ3) is 2.50. The molecule has 64 valence electrons. The van der Waals surface area contributed by atoms with E-state index in [0.717, 1.165) is 12.0 Å². The third-order valence-corrected chi connectivity index (χ3v) is 1.86. The number of unbranched alkanes of at least 4 members (excludes halogenated alkanes) is 1. The van der Waals surface area contributed by atoms with Crippen LogP contribution in [0.2, 0.25) is 0 Å². The van der Waals surface area contributed by atoms with Gasteiger partial charge in [-0.05, 0) is 30.5 Å². The molecule has 0 spiro atoms. The van der Waals surface area contributed by atoms with E-state index in [-0.39, 0.29) is 0 Å². The maximum Gasteiger partial charge on any atom is 0.0409 e. The highest BCUT2D eigenvalue weighted by atomic mass is 14.7. The number of hydrogen-bond donors (Lipinski definition) is 0. The first kappa shape index (κ1) is 8.98. The molecule has 1 aromatic heterocycles. The topological polar surface area (TPSA) is 12.9 Å². The molecule has 0 bridgehead atoms. The molecule has 0 N–H and O–H groups in total. The number of pyridine rings is 1. The molecule has 12 heavy (non-hydrogen) atoms. The van der Waals surface area contributed by atoms with Crippen molar-refractivity contribution in [1.29, 1.82) is 0 Å². The minimum Gasteiger partial charge on any atom is -0.261 e. The molecule has 0 aliphatic carbocycles. The monoisotopic (exact) mass is 161 g/mol. The number of nitrogens with zero attached hydrogens (tertiary/aromatic N) is 1. The number of aryl methyl sites for hydroxylation is 1. The zero-order valence-electron chi connectivity index (χ0n) is 7.59. The Balaban J connectivity index is 2.66. The van der Waals surface area contributed by atoms with E-state index in [2.05, 4.69) is 24.6 Å². The van der Waals surface area contributed by atoms with Crippen LogP contribution in [0.15, 0.2) is 24.9 Å². The summed E-state index contributed by atoms with van der Waals surface area (Å²) in [7, 11) is 0. The van der Waals surface area contributed by atoms with Crippen LogP contribution in [0.4, 0.5) is 0 Å². The lowest BCUT2D eigenvalue weighted by molar-refractivity contribution is 0.776. The van der Waals surface area contributed by atoms with Gasteiger partial charge in [0.05, 0.1) is 0 Å². The quantitative estimate of drug-likeness (QED) is 0.661. The summed E-state index contributed by atoms with van der Waals surface area (Å²) in [5, 5.41) is 0. The molecular weight excluding hydrogens is 146 g/mol. The first-order chi connectivity index (χ1) is 5.86. The lowest BCUT2D eigenvalue weighted by Crippen LogP contribution is -1.89. The van der Waals surface area contributed by atoms with Crippen LogP contribution >= 0.6 is 0 Å². The van der Waals surface area contributed by atoms with Gasteiger partial charge >= 0.3 is 0 Å². The van der Waals surface area contributed by atoms with Crippen molar-refractivity contribution in [2.24, 2.45) is 0 Å². The molecule has 0 radical (unpaired) electrons. The zero-order valence-corrected chi connectivity index (χ0v) is 7.59. The second kappa shape index (κ2) is 4.70. The van der Waals surface area contributed by atoms with E-state index in [1.54, 1.807) is 0 Å². The Morgan fingerprint density at radius 2 is 2.42 bits per heavy atom. The largest absolute Gasteiger partial charge is 0.261 e. The normalized spacial score (nSPS) is 9.75. The molecule has 1 heterocycles. The smallest absolute Gasteiger partial charge is 0.0409 e. The average Bonchev–Trinajstić information content (AvgIpc) is 2.15.